The van der Waals surface area contributed by atoms with Crippen LogP contribution in [0.15, 0.2) is 24.3 Å². The Kier molecular flexibility index (Phi) is 9.20. The van der Waals surface area contributed by atoms with E-state index < -0.39 is 11.9 Å². The summed E-state index contributed by atoms with van der Waals surface area (Å²) in [6.45, 7) is 8.96. The summed E-state index contributed by atoms with van der Waals surface area (Å²) in [6, 6.07) is 0. The third kappa shape index (κ3) is 11.5. The highest BCUT2D eigenvalue weighted by atomic mass is 16.6. The Morgan fingerprint density at radius 2 is 1.78 bits per heavy atom. The summed E-state index contributed by atoms with van der Waals surface area (Å²) in [4.78, 5) is 21.2. The van der Waals surface area contributed by atoms with E-state index in [2.05, 4.69) is 6.58 Å². The van der Waals surface area contributed by atoms with Gasteiger partial charge in [-0.05, 0) is 12.5 Å². The first-order valence-corrected chi connectivity index (χ1v) is 7.61. The van der Waals surface area contributed by atoms with Crippen LogP contribution in [-0.2, 0) is 28.5 Å². The van der Waals surface area contributed by atoms with Crippen LogP contribution in [0, 0.1) is 0 Å². The van der Waals surface area contributed by atoms with Crippen molar-refractivity contribution >= 4 is 11.9 Å². The molecule has 23 heavy (non-hydrogen) atoms. The maximum Gasteiger partial charge on any atom is 0.337 e. The second-order valence-corrected chi connectivity index (χ2v) is 5.13. The normalized spacial score (nSPS) is 21.3. The lowest BCUT2D eigenvalue weighted by Gasteiger charge is -2.02. The molecule has 0 radical (unpaired) electrons. The fourth-order valence-electron chi connectivity index (χ4n) is 1.30. The molecule has 0 aliphatic carbocycles. The molecule has 2 atom stereocenters. The number of carbonyl (C=O) groups excluding carboxylic acids is 1. The van der Waals surface area contributed by atoms with Gasteiger partial charge in [0.05, 0.1) is 38.6 Å². The number of esters is 1. The highest BCUT2D eigenvalue weighted by Crippen LogP contribution is 2.12. The topological polar surface area (TPSA) is 97.9 Å². The van der Waals surface area contributed by atoms with Gasteiger partial charge in [0.15, 0.2) is 0 Å². The molecule has 0 saturated carbocycles. The first kappa shape index (κ1) is 19.3. The van der Waals surface area contributed by atoms with E-state index in [9.17, 15) is 9.59 Å². The first-order valence-electron chi connectivity index (χ1n) is 7.61. The quantitative estimate of drug-likeness (QED) is 0.212. The minimum absolute atomic E-state index is 0.0449. The van der Waals surface area contributed by atoms with Crippen molar-refractivity contribution in [1.29, 1.82) is 0 Å². The van der Waals surface area contributed by atoms with Crippen LogP contribution in [0.2, 0.25) is 0 Å². The minimum atomic E-state index is -1.12. The average Bonchev–Trinajstić information content (AvgIpc) is 3.40. The second kappa shape index (κ2) is 10.9. The molecule has 0 aromatic rings. The molecule has 130 valence electrons. The Hall–Kier alpha value is -1.70. The smallest absolute Gasteiger partial charge is 0.337 e. The van der Waals surface area contributed by atoms with E-state index in [0.717, 1.165) is 51.4 Å². The van der Waals surface area contributed by atoms with Crippen molar-refractivity contribution < 1.29 is 33.6 Å². The average molecular weight is 328 g/mol. The molecule has 2 unspecified atom stereocenters. The largest absolute Gasteiger partial charge is 0.478 e. The zero-order valence-corrected chi connectivity index (χ0v) is 13.4. The van der Waals surface area contributed by atoms with Gasteiger partial charge in [-0.1, -0.05) is 19.9 Å². The zero-order valence-electron chi connectivity index (χ0n) is 13.4. The van der Waals surface area contributed by atoms with Gasteiger partial charge in [-0.15, -0.1) is 0 Å². The molecule has 0 amide bonds. The molecule has 2 aliphatic rings. The van der Waals surface area contributed by atoms with E-state index in [0.29, 0.717) is 18.8 Å². The van der Waals surface area contributed by atoms with Gasteiger partial charge in [0.25, 0.3) is 0 Å². The van der Waals surface area contributed by atoms with Gasteiger partial charge in [0, 0.05) is 6.08 Å². The van der Waals surface area contributed by atoms with Crippen molar-refractivity contribution in [2.75, 3.05) is 33.0 Å². The Morgan fingerprint density at radius 3 is 2.22 bits per heavy atom. The number of hydrogen-bond acceptors (Lipinski definition) is 6. The lowest BCUT2D eigenvalue weighted by Crippen LogP contribution is -2.07. The molecule has 0 spiro atoms. The third-order valence-electron chi connectivity index (χ3n) is 2.83. The molecular formula is C16H24O7. The van der Waals surface area contributed by atoms with Crippen LogP contribution in [-0.4, -0.2) is 62.3 Å². The van der Waals surface area contributed by atoms with Gasteiger partial charge in [0.1, 0.15) is 12.2 Å². The molecule has 2 fully saturated rings. The minimum Gasteiger partial charge on any atom is -0.478 e. The second-order valence-electron chi connectivity index (χ2n) is 5.13. The molecule has 2 rings (SSSR count). The molecule has 0 bridgehead atoms. The monoisotopic (exact) mass is 328 g/mol. The summed E-state index contributed by atoms with van der Waals surface area (Å²) in [5.74, 6) is -1.69. The van der Waals surface area contributed by atoms with Gasteiger partial charge in [-0.25, -0.2) is 9.59 Å². The Bertz CT molecular complexity index is 410. The Morgan fingerprint density at radius 1 is 1.22 bits per heavy atom. The lowest BCUT2D eigenvalue weighted by atomic mass is 10.3. The number of ether oxygens (including phenoxy) is 4. The van der Waals surface area contributed by atoms with Crippen LogP contribution < -0.4 is 0 Å². The SMILES string of the molecule is C(OCC1CO1)C1CO1.C=C(C=CC(=O)O)C(=O)OCCCC. The highest BCUT2D eigenvalue weighted by Gasteiger charge is 2.26. The molecule has 0 aromatic carbocycles. The molecular weight excluding hydrogens is 304 g/mol. The van der Waals surface area contributed by atoms with E-state index in [1.165, 1.54) is 0 Å². The number of carboxylic acid groups (broad SMARTS) is 1. The van der Waals surface area contributed by atoms with Gasteiger partial charge in [-0.3, -0.25) is 0 Å². The number of hydrogen-bond donors (Lipinski definition) is 1. The number of rotatable bonds is 10. The van der Waals surface area contributed by atoms with Crippen LogP contribution in [0.1, 0.15) is 19.8 Å². The van der Waals surface area contributed by atoms with Crippen molar-refractivity contribution in [3.8, 4) is 0 Å². The maximum atomic E-state index is 11.1. The summed E-state index contributed by atoms with van der Waals surface area (Å²) < 4.78 is 19.9. The molecule has 2 saturated heterocycles. The number of carboxylic acids is 1. The predicted molar refractivity (Wildman–Crippen MR) is 82.1 cm³/mol. The summed E-state index contributed by atoms with van der Waals surface area (Å²) in [5.41, 5.74) is 0.0449. The summed E-state index contributed by atoms with van der Waals surface area (Å²) in [6.07, 6.45) is 4.49. The summed E-state index contributed by atoms with van der Waals surface area (Å²) in [5, 5.41) is 8.28. The van der Waals surface area contributed by atoms with Gasteiger partial charge >= 0.3 is 11.9 Å². The third-order valence-corrected chi connectivity index (χ3v) is 2.83. The van der Waals surface area contributed by atoms with Crippen LogP contribution in [0.5, 0.6) is 0 Å². The first-order chi connectivity index (χ1) is 11.0. The van der Waals surface area contributed by atoms with E-state index in [1.807, 2.05) is 6.92 Å². The lowest BCUT2D eigenvalue weighted by molar-refractivity contribution is -0.138. The molecule has 7 nitrogen and oxygen atoms in total. The maximum absolute atomic E-state index is 11.1. The van der Waals surface area contributed by atoms with Crippen LogP contribution in [0.25, 0.3) is 0 Å². The molecule has 2 heterocycles. The fraction of sp³-hybridized carbons (Fsp3) is 0.625. The number of epoxide rings is 2. The van der Waals surface area contributed by atoms with Crippen molar-refractivity contribution in [2.45, 2.75) is 32.0 Å². The number of carbonyl (C=O) groups is 2. The summed E-state index contributed by atoms with van der Waals surface area (Å²) in [7, 11) is 0. The van der Waals surface area contributed by atoms with Crippen molar-refractivity contribution in [1.82, 2.24) is 0 Å². The number of aliphatic carboxylic acids is 1. The van der Waals surface area contributed by atoms with Gasteiger partial charge in [-0.2, -0.15) is 0 Å². The Balaban J connectivity index is 0.000000248. The predicted octanol–water partition coefficient (Wildman–Crippen LogP) is 1.33. The van der Waals surface area contributed by atoms with Crippen molar-refractivity contribution in [3.63, 3.8) is 0 Å². The Labute approximate surface area is 135 Å². The van der Waals surface area contributed by atoms with Crippen molar-refractivity contribution in [2.24, 2.45) is 0 Å². The highest BCUT2D eigenvalue weighted by molar-refractivity contribution is 5.93. The summed E-state index contributed by atoms with van der Waals surface area (Å²) >= 11 is 0. The van der Waals surface area contributed by atoms with E-state index in [-0.39, 0.29) is 5.57 Å². The molecule has 2 aliphatic heterocycles. The van der Waals surface area contributed by atoms with E-state index in [1.54, 1.807) is 0 Å². The standard InChI is InChI=1S/C10H14O4.C6H10O3/c1-3-4-7-14-10(13)8(2)5-6-9(11)12;1(5-3-8-5)7-2-6-4-9-6/h5-6H,2-4,7H2,1H3,(H,11,12);5-6H,1-4H2. The molecule has 0 aromatic heterocycles. The van der Waals surface area contributed by atoms with Gasteiger partial charge in [0.2, 0.25) is 0 Å². The zero-order chi connectivity index (χ0) is 17.1. The van der Waals surface area contributed by atoms with Crippen LogP contribution in [0.4, 0.5) is 0 Å². The van der Waals surface area contributed by atoms with E-state index in [4.69, 9.17) is 24.1 Å². The van der Waals surface area contributed by atoms with E-state index >= 15 is 0 Å². The van der Waals surface area contributed by atoms with Crippen LogP contribution >= 0.6 is 0 Å². The van der Waals surface area contributed by atoms with Gasteiger partial charge < -0.3 is 24.1 Å². The number of unbranched alkanes of at least 4 members (excludes halogenated alkanes) is 1. The van der Waals surface area contributed by atoms with Crippen molar-refractivity contribution in [3.05, 3.63) is 24.3 Å². The molecule has 1 N–H and O–H groups in total. The molecule has 7 heteroatoms. The van der Waals surface area contributed by atoms with Crippen LogP contribution in [0.3, 0.4) is 0 Å². The fourth-order valence-corrected chi connectivity index (χ4v) is 1.30.